The Balaban J connectivity index is 2.36. The van der Waals surface area contributed by atoms with Gasteiger partial charge in [-0.05, 0) is 30.7 Å². The summed E-state index contributed by atoms with van der Waals surface area (Å²) in [6.45, 7) is 2.43. The molecule has 2 N–H and O–H groups in total. The number of para-hydroxylation sites is 1. The molecule has 2 aromatic rings. The number of hydrogen-bond acceptors (Lipinski definition) is 4. The van der Waals surface area contributed by atoms with Gasteiger partial charge in [-0.15, -0.1) is 5.10 Å². The molecule has 4 nitrogen and oxygen atoms in total. The fourth-order valence-corrected chi connectivity index (χ4v) is 1.70. The molecule has 1 aromatic heterocycles. The highest BCUT2D eigenvalue weighted by molar-refractivity contribution is 5.62. The number of nitrogens with zero attached hydrogens (tertiary/aromatic N) is 3. The SMILES string of the molecule is Cc1ccc(N(C)c2ccccc2CN)nn1. The number of aromatic nitrogens is 2. The normalized spacial score (nSPS) is 10.3. The van der Waals surface area contributed by atoms with Crippen molar-refractivity contribution in [2.24, 2.45) is 5.73 Å². The van der Waals surface area contributed by atoms with E-state index in [1.165, 1.54) is 0 Å². The van der Waals surface area contributed by atoms with Crippen LogP contribution in [-0.4, -0.2) is 17.2 Å². The van der Waals surface area contributed by atoms with E-state index in [-0.39, 0.29) is 0 Å². The summed E-state index contributed by atoms with van der Waals surface area (Å²) < 4.78 is 0. The zero-order valence-electron chi connectivity index (χ0n) is 10.1. The Morgan fingerprint density at radius 1 is 1.12 bits per heavy atom. The lowest BCUT2D eigenvalue weighted by Gasteiger charge is -2.20. The molecule has 0 unspecified atom stereocenters. The molecule has 0 atom stereocenters. The van der Waals surface area contributed by atoms with Crippen LogP contribution in [0.25, 0.3) is 0 Å². The van der Waals surface area contributed by atoms with Gasteiger partial charge in [-0.25, -0.2) is 0 Å². The summed E-state index contributed by atoms with van der Waals surface area (Å²) in [4.78, 5) is 1.99. The van der Waals surface area contributed by atoms with E-state index in [2.05, 4.69) is 10.2 Å². The molecule has 0 bridgehead atoms. The molecule has 0 amide bonds. The van der Waals surface area contributed by atoms with E-state index in [0.717, 1.165) is 22.8 Å². The summed E-state index contributed by atoms with van der Waals surface area (Å²) in [5.41, 5.74) is 8.80. The van der Waals surface area contributed by atoms with Crippen molar-refractivity contribution in [2.45, 2.75) is 13.5 Å². The Kier molecular flexibility index (Phi) is 3.35. The third-order valence-corrected chi connectivity index (χ3v) is 2.70. The van der Waals surface area contributed by atoms with Crippen LogP contribution in [0.4, 0.5) is 11.5 Å². The minimum absolute atomic E-state index is 0.514. The second-order valence-electron chi connectivity index (χ2n) is 3.92. The third-order valence-electron chi connectivity index (χ3n) is 2.70. The van der Waals surface area contributed by atoms with E-state index in [0.29, 0.717) is 6.54 Å². The van der Waals surface area contributed by atoms with Crippen molar-refractivity contribution in [3.05, 3.63) is 47.7 Å². The summed E-state index contributed by atoms with van der Waals surface area (Å²) in [5, 5.41) is 8.22. The van der Waals surface area contributed by atoms with Crippen molar-refractivity contribution in [1.82, 2.24) is 10.2 Å². The lowest BCUT2D eigenvalue weighted by Crippen LogP contribution is -2.15. The first-order valence-electron chi connectivity index (χ1n) is 5.54. The Bertz CT molecular complexity index is 493. The summed E-state index contributed by atoms with van der Waals surface area (Å²) in [5.74, 6) is 0.816. The van der Waals surface area contributed by atoms with Crippen LogP contribution in [0, 0.1) is 6.92 Å². The van der Waals surface area contributed by atoms with Gasteiger partial charge in [-0.3, -0.25) is 0 Å². The molecule has 0 saturated carbocycles. The first-order chi connectivity index (χ1) is 8.22. The first kappa shape index (κ1) is 11.5. The van der Waals surface area contributed by atoms with Gasteiger partial charge >= 0.3 is 0 Å². The van der Waals surface area contributed by atoms with E-state index in [1.807, 2.05) is 55.3 Å². The van der Waals surface area contributed by atoms with Gasteiger partial charge in [-0.2, -0.15) is 5.10 Å². The van der Waals surface area contributed by atoms with E-state index < -0.39 is 0 Å². The van der Waals surface area contributed by atoms with Crippen LogP contribution in [0.1, 0.15) is 11.3 Å². The quantitative estimate of drug-likeness (QED) is 0.873. The molecule has 0 aliphatic rings. The largest absolute Gasteiger partial charge is 0.328 e. The number of aryl methyl sites for hydroxylation is 1. The highest BCUT2D eigenvalue weighted by Gasteiger charge is 2.08. The van der Waals surface area contributed by atoms with Crippen molar-refractivity contribution >= 4 is 11.5 Å². The maximum Gasteiger partial charge on any atom is 0.155 e. The Labute approximate surface area is 101 Å². The molecule has 0 spiro atoms. The number of anilines is 2. The zero-order chi connectivity index (χ0) is 12.3. The number of benzene rings is 1. The van der Waals surface area contributed by atoms with Crippen molar-refractivity contribution in [3.63, 3.8) is 0 Å². The molecule has 17 heavy (non-hydrogen) atoms. The van der Waals surface area contributed by atoms with Gasteiger partial charge in [-0.1, -0.05) is 18.2 Å². The van der Waals surface area contributed by atoms with Crippen molar-refractivity contribution < 1.29 is 0 Å². The number of nitrogens with two attached hydrogens (primary N) is 1. The van der Waals surface area contributed by atoms with Crippen molar-refractivity contribution in [2.75, 3.05) is 11.9 Å². The fraction of sp³-hybridized carbons (Fsp3) is 0.231. The monoisotopic (exact) mass is 228 g/mol. The van der Waals surface area contributed by atoms with Crippen LogP contribution in [0.5, 0.6) is 0 Å². The first-order valence-corrected chi connectivity index (χ1v) is 5.54. The molecule has 1 aromatic carbocycles. The molecule has 0 aliphatic heterocycles. The molecule has 0 aliphatic carbocycles. The molecule has 0 radical (unpaired) electrons. The third kappa shape index (κ3) is 2.42. The van der Waals surface area contributed by atoms with E-state index in [9.17, 15) is 0 Å². The van der Waals surface area contributed by atoms with Crippen molar-refractivity contribution in [1.29, 1.82) is 0 Å². The molecule has 88 valence electrons. The van der Waals surface area contributed by atoms with Crippen LogP contribution in [0.15, 0.2) is 36.4 Å². The topological polar surface area (TPSA) is 55.0 Å². The van der Waals surface area contributed by atoms with Gasteiger partial charge in [0.25, 0.3) is 0 Å². The Hall–Kier alpha value is -1.94. The fourth-order valence-electron chi connectivity index (χ4n) is 1.70. The molecule has 1 heterocycles. The van der Waals surface area contributed by atoms with Gasteiger partial charge in [0.1, 0.15) is 0 Å². The summed E-state index contributed by atoms with van der Waals surface area (Å²) in [6, 6.07) is 11.9. The summed E-state index contributed by atoms with van der Waals surface area (Å²) in [7, 11) is 1.97. The van der Waals surface area contributed by atoms with Crippen LogP contribution in [0.2, 0.25) is 0 Å². The minimum atomic E-state index is 0.514. The van der Waals surface area contributed by atoms with Crippen LogP contribution < -0.4 is 10.6 Å². The second kappa shape index (κ2) is 4.93. The number of hydrogen-bond donors (Lipinski definition) is 1. The van der Waals surface area contributed by atoms with Crippen LogP contribution >= 0.6 is 0 Å². The number of rotatable bonds is 3. The van der Waals surface area contributed by atoms with E-state index in [1.54, 1.807) is 0 Å². The molecular formula is C13H16N4. The van der Waals surface area contributed by atoms with E-state index in [4.69, 9.17) is 5.73 Å². The zero-order valence-corrected chi connectivity index (χ0v) is 10.1. The van der Waals surface area contributed by atoms with E-state index >= 15 is 0 Å². The molecule has 2 rings (SSSR count). The van der Waals surface area contributed by atoms with Crippen LogP contribution in [0.3, 0.4) is 0 Å². The second-order valence-corrected chi connectivity index (χ2v) is 3.92. The molecular weight excluding hydrogens is 212 g/mol. The Morgan fingerprint density at radius 2 is 1.88 bits per heavy atom. The highest BCUT2D eigenvalue weighted by Crippen LogP contribution is 2.24. The average molecular weight is 228 g/mol. The van der Waals surface area contributed by atoms with Gasteiger partial charge in [0.05, 0.1) is 5.69 Å². The smallest absolute Gasteiger partial charge is 0.155 e. The maximum absolute atomic E-state index is 5.73. The predicted octanol–water partition coefficient (Wildman–Crippen LogP) is 2.01. The molecule has 0 fully saturated rings. The standard InChI is InChI=1S/C13H16N4/c1-10-7-8-13(16-15-10)17(2)12-6-4-3-5-11(12)9-14/h3-8H,9,14H2,1-2H3. The van der Waals surface area contributed by atoms with Gasteiger partial charge in [0.15, 0.2) is 5.82 Å². The predicted molar refractivity (Wildman–Crippen MR) is 69.2 cm³/mol. The average Bonchev–Trinajstić information content (AvgIpc) is 2.39. The van der Waals surface area contributed by atoms with Gasteiger partial charge < -0.3 is 10.6 Å². The van der Waals surface area contributed by atoms with Gasteiger partial charge in [0.2, 0.25) is 0 Å². The van der Waals surface area contributed by atoms with Crippen molar-refractivity contribution in [3.8, 4) is 0 Å². The molecule has 0 saturated heterocycles. The lowest BCUT2D eigenvalue weighted by molar-refractivity contribution is 0.944. The minimum Gasteiger partial charge on any atom is -0.328 e. The van der Waals surface area contributed by atoms with Crippen LogP contribution in [-0.2, 0) is 6.54 Å². The van der Waals surface area contributed by atoms with Gasteiger partial charge in [0, 0.05) is 19.3 Å². The highest BCUT2D eigenvalue weighted by atomic mass is 15.2. The summed E-state index contributed by atoms with van der Waals surface area (Å²) >= 11 is 0. The maximum atomic E-state index is 5.73. The molecule has 4 heteroatoms. The Morgan fingerprint density at radius 3 is 2.53 bits per heavy atom. The summed E-state index contributed by atoms with van der Waals surface area (Å²) in [6.07, 6.45) is 0. The lowest BCUT2D eigenvalue weighted by atomic mass is 10.1.